The number of hydrogen-bond donors (Lipinski definition) is 0. The molecular weight excluding hydrogens is 195 g/mol. The van der Waals surface area contributed by atoms with Crippen LogP contribution in [-0.4, -0.2) is 32.5 Å². The summed E-state index contributed by atoms with van der Waals surface area (Å²) >= 11 is 0. The van der Waals surface area contributed by atoms with E-state index in [1.54, 1.807) is 0 Å². The van der Waals surface area contributed by atoms with Crippen molar-refractivity contribution in [3.8, 4) is 0 Å². The largest absolute Gasteiger partial charge is 0.465 e. The Balaban J connectivity index is 2.78. The lowest BCUT2D eigenvalue weighted by Crippen LogP contribution is -2.29. The van der Waals surface area contributed by atoms with Crippen molar-refractivity contribution < 1.29 is 23.1 Å². The summed E-state index contributed by atoms with van der Waals surface area (Å²) < 4.78 is 26.0. The van der Waals surface area contributed by atoms with Crippen molar-refractivity contribution in [1.29, 1.82) is 0 Å². The molecule has 0 saturated carbocycles. The Hall–Kier alpha value is -0.380. The smallest absolute Gasteiger partial charge is 0.344 e. The molecule has 76 valence electrons. The zero-order valence-electron chi connectivity index (χ0n) is 7.69. The van der Waals surface area contributed by atoms with Gasteiger partial charge in [-0.25, -0.2) is 0 Å². The third-order valence-corrected chi connectivity index (χ3v) is 4.28. The molecule has 1 heterocycles. The van der Waals surface area contributed by atoms with E-state index >= 15 is 0 Å². The number of esters is 1. The van der Waals surface area contributed by atoms with Crippen molar-refractivity contribution in [1.82, 2.24) is 0 Å². The zero-order chi connectivity index (χ0) is 9.90. The Labute approximate surface area is 76.9 Å². The summed E-state index contributed by atoms with van der Waals surface area (Å²) in [5.41, 5.74) is -0.753. The van der Waals surface area contributed by atoms with Gasteiger partial charge in [-0.2, -0.15) is 0 Å². The minimum atomic E-state index is -3.29. The molecule has 1 saturated heterocycles. The molecule has 0 spiro atoms. The molecule has 0 aromatic rings. The first kappa shape index (κ1) is 10.7. The fraction of sp³-hybridized carbons (Fsp3) is 0.857. The van der Waals surface area contributed by atoms with Gasteiger partial charge in [0.2, 0.25) is 0 Å². The molecular formula is C7H13O5P. The van der Waals surface area contributed by atoms with Crippen LogP contribution in [0.1, 0.15) is 12.8 Å². The normalized spacial score (nSPS) is 24.2. The highest BCUT2D eigenvalue weighted by Crippen LogP contribution is 2.54. The minimum absolute atomic E-state index is 0.392. The summed E-state index contributed by atoms with van der Waals surface area (Å²) in [5.74, 6) is -0.488. The van der Waals surface area contributed by atoms with Crippen LogP contribution in [0, 0.1) is 0 Å². The van der Waals surface area contributed by atoms with Crippen molar-refractivity contribution in [2.24, 2.45) is 0 Å². The lowest BCUT2D eigenvalue weighted by atomic mass is 10.2. The molecule has 0 N–H and O–H groups in total. The predicted molar refractivity (Wildman–Crippen MR) is 45.6 cm³/mol. The van der Waals surface area contributed by atoms with Crippen LogP contribution in [0.25, 0.3) is 0 Å². The van der Waals surface area contributed by atoms with Crippen LogP contribution in [0.3, 0.4) is 0 Å². The molecule has 0 radical (unpaired) electrons. The number of hydrogen-bond acceptors (Lipinski definition) is 5. The standard InChI is InChI=1S/C7H13O5P/c1-10-13(9,11-2)6-4-3-5-12-7(6)8/h6H,3-5H2,1-2H3. The van der Waals surface area contributed by atoms with E-state index in [2.05, 4.69) is 0 Å². The van der Waals surface area contributed by atoms with Gasteiger partial charge in [0.1, 0.15) is 0 Å². The highest BCUT2D eigenvalue weighted by molar-refractivity contribution is 7.55. The van der Waals surface area contributed by atoms with E-state index in [-0.39, 0.29) is 0 Å². The van der Waals surface area contributed by atoms with E-state index < -0.39 is 19.2 Å². The predicted octanol–water partition coefficient (Wildman–Crippen LogP) is 1.18. The average Bonchev–Trinajstić information content (AvgIpc) is 2.17. The van der Waals surface area contributed by atoms with Crippen LogP contribution < -0.4 is 0 Å². The van der Waals surface area contributed by atoms with Gasteiger partial charge in [0.15, 0.2) is 5.66 Å². The second-order valence-electron chi connectivity index (χ2n) is 2.73. The zero-order valence-corrected chi connectivity index (χ0v) is 8.58. The molecule has 1 atom stereocenters. The molecule has 0 aromatic heterocycles. The Morgan fingerprint density at radius 2 is 2.08 bits per heavy atom. The van der Waals surface area contributed by atoms with Crippen LogP contribution in [0.15, 0.2) is 0 Å². The first-order chi connectivity index (χ1) is 6.14. The van der Waals surface area contributed by atoms with Crippen LogP contribution in [0.5, 0.6) is 0 Å². The Bertz CT molecular complexity index is 231. The van der Waals surface area contributed by atoms with Gasteiger partial charge in [-0.05, 0) is 12.8 Å². The Morgan fingerprint density at radius 3 is 2.54 bits per heavy atom. The molecule has 0 bridgehead atoms. The molecule has 13 heavy (non-hydrogen) atoms. The molecule has 0 aromatic carbocycles. The van der Waals surface area contributed by atoms with Gasteiger partial charge in [-0.1, -0.05) is 0 Å². The average molecular weight is 208 g/mol. The van der Waals surface area contributed by atoms with Gasteiger partial charge in [0, 0.05) is 14.2 Å². The van der Waals surface area contributed by atoms with E-state index in [0.29, 0.717) is 19.4 Å². The van der Waals surface area contributed by atoms with Crippen molar-refractivity contribution in [2.45, 2.75) is 18.5 Å². The third kappa shape index (κ3) is 2.10. The molecule has 1 unspecified atom stereocenters. The highest BCUT2D eigenvalue weighted by Gasteiger charge is 2.42. The Morgan fingerprint density at radius 1 is 1.46 bits per heavy atom. The monoisotopic (exact) mass is 208 g/mol. The SMILES string of the molecule is COP(=O)(OC)C1CCCOC1=O. The summed E-state index contributed by atoms with van der Waals surface area (Å²) in [5, 5.41) is 0. The second kappa shape index (κ2) is 4.22. The third-order valence-electron chi connectivity index (χ3n) is 2.03. The first-order valence-corrected chi connectivity index (χ1v) is 5.63. The van der Waals surface area contributed by atoms with Crippen LogP contribution in [0.2, 0.25) is 0 Å². The van der Waals surface area contributed by atoms with Crippen molar-refractivity contribution in [3.05, 3.63) is 0 Å². The van der Waals surface area contributed by atoms with Gasteiger partial charge >= 0.3 is 13.6 Å². The first-order valence-electron chi connectivity index (χ1n) is 4.02. The second-order valence-corrected chi connectivity index (χ2v) is 5.16. The molecule has 1 fully saturated rings. The minimum Gasteiger partial charge on any atom is -0.465 e. The lowest BCUT2D eigenvalue weighted by Gasteiger charge is -2.25. The van der Waals surface area contributed by atoms with Crippen LogP contribution >= 0.6 is 7.60 Å². The molecule has 0 amide bonds. The highest BCUT2D eigenvalue weighted by atomic mass is 31.2. The number of carbonyl (C=O) groups excluding carboxylic acids is 1. The van der Waals surface area contributed by atoms with Crippen LogP contribution in [0.4, 0.5) is 0 Å². The lowest BCUT2D eigenvalue weighted by molar-refractivity contribution is -0.146. The fourth-order valence-corrected chi connectivity index (χ4v) is 2.77. The summed E-state index contributed by atoms with van der Waals surface area (Å²) in [6.45, 7) is 0.392. The van der Waals surface area contributed by atoms with E-state index in [1.807, 2.05) is 0 Å². The molecule has 5 nitrogen and oxygen atoms in total. The Kier molecular flexibility index (Phi) is 3.47. The maximum Gasteiger partial charge on any atom is 0.344 e. The number of ether oxygens (including phenoxy) is 1. The van der Waals surface area contributed by atoms with Gasteiger partial charge in [0.05, 0.1) is 6.61 Å². The number of cyclic esters (lactones) is 1. The van der Waals surface area contributed by atoms with Crippen LogP contribution in [-0.2, 0) is 23.1 Å². The van der Waals surface area contributed by atoms with Gasteiger partial charge in [0.25, 0.3) is 0 Å². The van der Waals surface area contributed by atoms with Gasteiger partial charge in [-0.15, -0.1) is 0 Å². The van der Waals surface area contributed by atoms with Gasteiger partial charge in [-0.3, -0.25) is 9.36 Å². The van der Waals surface area contributed by atoms with Crippen molar-refractivity contribution >= 4 is 13.6 Å². The molecule has 6 heteroatoms. The van der Waals surface area contributed by atoms with E-state index in [1.165, 1.54) is 14.2 Å². The quantitative estimate of drug-likeness (QED) is 0.514. The topological polar surface area (TPSA) is 61.8 Å². The maximum absolute atomic E-state index is 11.8. The molecule has 0 aliphatic carbocycles. The van der Waals surface area contributed by atoms with Crippen molar-refractivity contribution in [3.63, 3.8) is 0 Å². The molecule has 1 aliphatic rings. The number of carbonyl (C=O) groups is 1. The summed E-state index contributed by atoms with van der Waals surface area (Å²) in [4.78, 5) is 11.2. The maximum atomic E-state index is 11.8. The molecule has 1 rings (SSSR count). The van der Waals surface area contributed by atoms with Crippen molar-refractivity contribution in [2.75, 3.05) is 20.8 Å². The van der Waals surface area contributed by atoms with E-state index in [9.17, 15) is 9.36 Å². The van der Waals surface area contributed by atoms with E-state index in [0.717, 1.165) is 0 Å². The van der Waals surface area contributed by atoms with E-state index in [4.69, 9.17) is 13.8 Å². The van der Waals surface area contributed by atoms with Gasteiger partial charge < -0.3 is 13.8 Å². The molecule has 1 aliphatic heterocycles. The summed E-state index contributed by atoms with van der Waals surface area (Å²) in [7, 11) is -0.747. The summed E-state index contributed by atoms with van der Waals surface area (Å²) in [6.07, 6.45) is 1.20. The summed E-state index contributed by atoms with van der Waals surface area (Å²) in [6, 6.07) is 0. The fourth-order valence-electron chi connectivity index (χ4n) is 1.28. The number of rotatable bonds is 3.